The molecule has 354 valence electrons. The van der Waals surface area contributed by atoms with Crippen LogP contribution in [0.2, 0.25) is 0 Å². The van der Waals surface area contributed by atoms with Crippen molar-refractivity contribution in [2.24, 2.45) is 0 Å². The molecule has 6 N–H and O–H groups in total. The molecule has 7 unspecified atom stereocenters. The molecule has 1 amide bonds. The summed E-state index contributed by atoms with van der Waals surface area (Å²) < 4.78 is 11.2. The highest BCUT2D eigenvalue weighted by atomic mass is 16.7. The predicted molar refractivity (Wildman–Crippen MR) is 249 cm³/mol. The van der Waals surface area contributed by atoms with Crippen LogP contribution in [0.25, 0.3) is 0 Å². The Labute approximate surface area is 369 Å². The molecular weight excluding hydrogens is 755 g/mol. The number of ether oxygens (including phenoxy) is 2. The molecule has 9 nitrogen and oxygen atoms in total. The molecule has 0 aromatic heterocycles. The van der Waals surface area contributed by atoms with E-state index in [0.717, 1.165) is 38.5 Å². The number of aliphatic hydroxyl groups excluding tert-OH is 5. The molecule has 0 bridgehead atoms. The van der Waals surface area contributed by atoms with Gasteiger partial charge in [0.15, 0.2) is 6.29 Å². The number of carbonyl (C=O) groups is 1. The number of aliphatic hydroxyl groups is 5. The van der Waals surface area contributed by atoms with Crippen LogP contribution in [0.15, 0.2) is 24.3 Å². The number of hydrogen-bond donors (Lipinski definition) is 6. The highest BCUT2D eigenvalue weighted by Gasteiger charge is 2.44. The van der Waals surface area contributed by atoms with Gasteiger partial charge in [0.05, 0.1) is 25.4 Å². The van der Waals surface area contributed by atoms with Crippen LogP contribution in [0, 0.1) is 0 Å². The lowest BCUT2D eigenvalue weighted by atomic mass is 9.99. The van der Waals surface area contributed by atoms with Crippen LogP contribution in [0.1, 0.15) is 239 Å². The first-order valence-electron chi connectivity index (χ1n) is 25.6. The molecule has 1 saturated heterocycles. The topological polar surface area (TPSA) is 149 Å². The largest absolute Gasteiger partial charge is 0.394 e. The van der Waals surface area contributed by atoms with Crippen LogP contribution in [0.4, 0.5) is 0 Å². The highest BCUT2D eigenvalue weighted by Crippen LogP contribution is 2.23. The van der Waals surface area contributed by atoms with Crippen molar-refractivity contribution in [1.82, 2.24) is 5.32 Å². The Morgan fingerprint density at radius 1 is 0.550 bits per heavy atom. The third-order valence-electron chi connectivity index (χ3n) is 12.3. The van der Waals surface area contributed by atoms with Gasteiger partial charge in [0.2, 0.25) is 5.91 Å². The van der Waals surface area contributed by atoms with Gasteiger partial charge >= 0.3 is 0 Å². The normalized spacial score (nSPS) is 20.7. The summed E-state index contributed by atoms with van der Waals surface area (Å²) >= 11 is 0. The van der Waals surface area contributed by atoms with E-state index in [1.807, 2.05) is 6.08 Å². The van der Waals surface area contributed by atoms with Crippen LogP contribution in [0.3, 0.4) is 0 Å². The van der Waals surface area contributed by atoms with E-state index in [0.29, 0.717) is 6.42 Å². The van der Waals surface area contributed by atoms with Crippen molar-refractivity contribution < 1.29 is 39.8 Å². The maximum atomic E-state index is 13.0. The van der Waals surface area contributed by atoms with E-state index in [4.69, 9.17) is 9.47 Å². The second kappa shape index (κ2) is 41.7. The molecule has 9 heteroatoms. The third-order valence-corrected chi connectivity index (χ3v) is 12.3. The smallest absolute Gasteiger partial charge is 0.220 e. The number of nitrogens with one attached hydrogen (secondary N) is 1. The summed E-state index contributed by atoms with van der Waals surface area (Å²) in [6, 6.07) is -0.817. The minimum atomic E-state index is -1.57. The summed E-state index contributed by atoms with van der Waals surface area (Å²) in [5.41, 5.74) is 0. The molecule has 60 heavy (non-hydrogen) atoms. The Morgan fingerprint density at radius 3 is 1.40 bits per heavy atom. The molecule has 1 aliphatic heterocycles. The van der Waals surface area contributed by atoms with Crippen LogP contribution in [-0.4, -0.2) is 87.5 Å². The lowest BCUT2D eigenvalue weighted by Crippen LogP contribution is -2.60. The van der Waals surface area contributed by atoms with Crippen molar-refractivity contribution >= 4 is 5.91 Å². The van der Waals surface area contributed by atoms with E-state index < -0.39 is 49.5 Å². The van der Waals surface area contributed by atoms with Gasteiger partial charge in [-0.2, -0.15) is 0 Å². The number of hydrogen-bond acceptors (Lipinski definition) is 8. The zero-order valence-electron chi connectivity index (χ0n) is 39.0. The van der Waals surface area contributed by atoms with Gasteiger partial charge in [-0.1, -0.05) is 224 Å². The number of amides is 1. The fourth-order valence-corrected chi connectivity index (χ4v) is 8.17. The Balaban J connectivity index is 2.26. The molecule has 7 atom stereocenters. The Hall–Kier alpha value is -1.33. The first-order chi connectivity index (χ1) is 29.3. The summed E-state index contributed by atoms with van der Waals surface area (Å²) in [5.74, 6) is -0.183. The summed E-state index contributed by atoms with van der Waals surface area (Å²) in [6.07, 6.45) is 43.8. The highest BCUT2D eigenvalue weighted by molar-refractivity contribution is 5.76. The van der Waals surface area contributed by atoms with Crippen molar-refractivity contribution in [3.8, 4) is 0 Å². The molecular formula is C51H97NO8. The summed E-state index contributed by atoms with van der Waals surface area (Å²) in [7, 11) is 0. The second-order valence-corrected chi connectivity index (χ2v) is 18.0. The van der Waals surface area contributed by atoms with Gasteiger partial charge in [0, 0.05) is 6.42 Å². The number of allylic oxidation sites excluding steroid dienone is 3. The van der Waals surface area contributed by atoms with Crippen LogP contribution in [-0.2, 0) is 14.3 Å². The van der Waals surface area contributed by atoms with E-state index in [-0.39, 0.29) is 12.5 Å². The zero-order chi connectivity index (χ0) is 43.7. The molecule has 1 heterocycles. The van der Waals surface area contributed by atoms with Gasteiger partial charge in [-0.15, -0.1) is 0 Å². The fraction of sp³-hybridized carbons (Fsp3) is 0.902. The number of rotatable bonds is 43. The minimum Gasteiger partial charge on any atom is -0.394 e. The van der Waals surface area contributed by atoms with Gasteiger partial charge in [0.1, 0.15) is 24.4 Å². The van der Waals surface area contributed by atoms with Crippen molar-refractivity contribution in [2.75, 3.05) is 13.2 Å². The maximum absolute atomic E-state index is 13.0. The van der Waals surface area contributed by atoms with Crippen LogP contribution >= 0.6 is 0 Å². The lowest BCUT2D eigenvalue weighted by Gasteiger charge is -2.40. The van der Waals surface area contributed by atoms with Gasteiger partial charge < -0.3 is 40.3 Å². The third kappa shape index (κ3) is 31.5. The molecule has 1 fully saturated rings. The molecule has 0 aromatic rings. The second-order valence-electron chi connectivity index (χ2n) is 18.0. The Morgan fingerprint density at radius 2 is 0.950 bits per heavy atom. The SMILES string of the molecule is CCCCCCCCCC/C=C/CC/C=C/C(O)C(COC1OC(CO)C(O)C(O)C1O)NC(=O)CCCCCCCCCCCCCCCCCCCCCCCCC. The molecule has 1 aliphatic rings. The van der Waals surface area contributed by atoms with Crippen molar-refractivity contribution in [1.29, 1.82) is 0 Å². The van der Waals surface area contributed by atoms with Gasteiger partial charge in [-0.3, -0.25) is 4.79 Å². The van der Waals surface area contributed by atoms with Gasteiger partial charge in [0.25, 0.3) is 0 Å². The minimum absolute atomic E-state index is 0.183. The number of carbonyl (C=O) groups excluding carboxylic acids is 1. The van der Waals surface area contributed by atoms with Gasteiger partial charge in [-0.25, -0.2) is 0 Å². The average molecular weight is 852 g/mol. The first-order valence-corrected chi connectivity index (χ1v) is 25.6. The standard InChI is InChI=1S/C51H97NO8/c1-3-5-7-9-11-13-15-17-19-20-21-22-23-24-25-26-27-29-31-33-35-37-39-41-47(55)52-44(43-59-51-50(58)49(57)48(56)46(42-53)60-51)45(54)40-38-36-34-32-30-28-18-16-14-12-10-8-6-4-2/h30,32,38,40,44-46,48-51,53-54,56-58H,3-29,31,33-37,39,41-43H2,1-2H3,(H,52,55)/b32-30+,40-38+. The summed E-state index contributed by atoms with van der Waals surface area (Å²) in [5, 5.41) is 54.2. The number of unbranched alkanes of at least 4 members (excludes halogenated alkanes) is 31. The van der Waals surface area contributed by atoms with Crippen molar-refractivity contribution in [2.45, 2.75) is 281 Å². The monoisotopic (exact) mass is 852 g/mol. The van der Waals surface area contributed by atoms with Crippen molar-refractivity contribution in [3.63, 3.8) is 0 Å². The van der Waals surface area contributed by atoms with E-state index in [1.54, 1.807) is 6.08 Å². The van der Waals surface area contributed by atoms with E-state index >= 15 is 0 Å². The van der Waals surface area contributed by atoms with E-state index in [9.17, 15) is 30.3 Å². The molecule has 0 aliphatic carbocycles. The van der Waals surface area contributed by atoms with Crippen LogP contribution < -0.4 is 5.32 Å². The van der Waals surface area contributed by atoms with Crippen molar-refractivity contribution in [3.05, 3.63) is 24.3 Å². The summed E-state index contributed by atoms with van der Waals surface area (Å²) in [6.45, 7) is 3.77. The zero-order valence-corrected chi connectivity index (χ0v) is 39.0. The Bertz CT molecular complexity index is 992. The molecule has 0 saturated carbocycles. The Kier molecular flexibility index (Phi) is 39.4. The molecule has 0 aromatic carbocycles. The van der Waals surface area contributed by atoms with Crippen LogP contribution in [0.5, 0.6) is 0 Å². The molecule has 1 rings (SSSR count). The average Bonchev–Trinajstić information content (AvgIpc) is 3.25. The maximum Gasteiger partial charge on any atom is 0.220 e. The van der Waals surface area contributed by atoms with E-state index in [2.05, 4.69) is 31.3 Å². The quantitative estimate of drug-likeness (QED) is 0.0262. The molecule has 0 spiro atoms. The predicted octanol–water partition coefficient (Wildman–Crippen LogP) is 11.5. The summed E-state index contributed by atoms with van der Waals surface area (Å²) in [4.78, 5) is 13.0. The molecule has 0 radical (unpaired) electrons. The lowest BCUT2D eigenvalue weighted by molar-refractivity contribution is -0.302. The first kappa shape index (κ1) is 56.7. The fourth-order valence-electron chi connectivity index (χ4n) is 8.17. The van der Waals surface area contributed by atoms with Gasteiger partial charge in [-0.05, 0) is 32.1 Å². The van der Waals surface area contributed by atoms with E-state index in [1.165, 1.54) is 180 Å².